The molecule has 1 fully saturated rings. The Morgan fingerprint density at radius 1 is 1.36 bits per heavy atom. The molecular formula is C17H24N6O2. The maximum absolute atomic E-state index is 12.9. The molecule has 0 spiro atoms. The van der Waals surface area contributed by atoms with E-state index in [4.69, 9.17) is 5.73 Å². The largest absolute Gasteiger partial charge is 0.364 e. The van der Waals surface area contributed by atoms with Crippen molar-refractivity contribution in [3.8, 4) is 0 Å². The van der Waals surface area contributed by atoms with E-state index in [0.717, 1.165) is 36.5 Å². The Bertz CT molecular complexity index is 793. The van der Waals surface area contributed by atoms with E-state index in [1.54, 1.807) is 10.7 Å². The van der Waals surface area contributed by atoms with Crippen molar-refractivity contribution in [2.45, 2.75) is 45.6 Å². The molecule has 1 aliphatic rings. The fraction of sp³-hybridized carbons (Fsp3) is 0.529. The number of primary amides is 1. The second-order valence-electron chi connectivity index (χ2n) is 6.74. The number of hydrogen-bond acceptors (Lipinski definition) is 4. The lowest BCUT2D eigenvalue weighted by molar-refractivity contribution is -0.135. The highest BCUT2D eigenvalue weighted by molar-refractivity contribution is 5.90. The van der Waals surface area contributed by atoms with Crippen LogP contribution in [0.15, 0.2) is 12.1 Å². The van der Waals surface area contributed by atoms with Crippen LogP contribution in [0.2, 0.25) is 0 Å². The molecule has 0 radical (unpaired) electrons. The van der Waals surface area contributed by atoms with Crippen LogP contribution in [0.25, 0.3) is 0 Å². The minimum absolute atomic E-state index is 0.0607. The predicted octanol–water partition coefficient (Wildman–Crippen LogP) is 1.29. The Balaban J connectivity index is 1.72. The second-order valence-corrected chi connectivity index (χ2v) is 6.74. The number of rotatable bonds is 4. The van der Waals surface area contributed by atoms with Gasteiger partial charge in [-0.15, -0.1) is 0 Å². The van der Waals surface area contributed by atoms with E-state index in [9.17, 15) is 9.59 Å². The van der Waals surface area contributed by atoms with Gasteiger partial charge in [-0.05, 0) is 45.7 Å². The fourth-order valence-electron chi connectivity index (χ4n) is 3.51. The van der Waals surface area contributed by atoms with Crippen molar-refractivity contribution < 1.29 is 9.59 Å². The number of nitrogens with two attached hydrogens (primary N) is 1. The quantitative estimate of drug-likeness (QED) is 0.870. The van der Waals surface area contributed by atoms with Crippen molar-refractivity contribution in [1.29, 1.82) is 0 Å². The van der Waals surface area contributed by atoms with E-state index >= 15 is 0 Å². The van der Waals surface area contributed by atoms with E-state index in [2.05, 4.69) is 15.3 Å². The molecule has 2 amide bonds. The topological polar surface area (TPSA) is 110 Å². The molecule has 0 unspecified atom stereocenters. The molecule has 1 saturated heterocycles. The molecule has 8 heteroatoms. The molecule has 0 aromatic carbocycles. The highest BCUT2D eigenvalue weighted by Crippen LogP contribution is 2.27. The van der Waals surface area contributed by atoms with Crippen molar-refractivity contribution in [2.75, 3.05) is 13.1 Å². The molecule has 134 valence electrons. The van der Waals surface area contributed by atoms with Gasteiger partial charge in [0.05, 0.1) is 5.69 Å². The van der Waals surface area contributed by atoms with Crippen molar-refractivity contribution in [3.63, 3.8) is 0 Å². The normalized spacial score (nSPS) is 19.0. The van der Waals surface area contributed by atoms with Gasteiger partial charge in [-0.1, -0.05) is 0 Å². The lowest BCUT2D eigenvalue weighted by Crippen LogP contribution is -2.42. The molecule has 1 aliphatic heterocycles. The van der Waals surface area contributed by atoms with Crippen molar-refractivity contribution >= 4 is 11.8 Å². The molecule has 0 aliphatic carbocycles. The first-order valence-electron chi connectivity index (χ1n) is 8.53. The Labute approximate surface area is 146 Å². The standard InChI is InChI=1S/C17H24N6O2/c1-10-7-11(2)23(21-10)12(3)17(25)22-6-4-5-13(9-22)14-8-15(16(18)24)20-19-14/h7-8,12-13H,4-6,9H2,1-3H3,(H2,18,24)(H,19,20)/t12-,13-/m0/s1. The van der Waals surface area contributed by atoms with Gasteiger partial charge in [0.25, 0.3) is 5.91 Å². The van der Waals surface area contributed by atoms with Gasteiger partial charge in [0, 0.05) is 30.4 Å². The summed E-state index contributed by atoms with van der Waals surface area (Å²) < 4.78 is 1.78. The number of nitrogens with zero attached hydrogens (tertiary/aromatic N) is 4. The molecule has 25 heavy (non-hydrogen) atoms. The molecule has 0 bridgehead atoms. The van der Waals surface area contributed by atoms with Crippen molar-refractivity contribution in [2.24, 2.45) is 5.73 Å². The lowest BCUT2D eigenvalue weighted by Gasteiger charge is -2.34. The van der Waals surface area contributed by atoms with E-state index < -0.39 is 5.91 Å². The van der Waals surface area contributed by atoms with Crippen LogP contribution in [-0.4, -0.2) is 49.8 Å². The Morgan fingerprint density at radius 3 is 2.72 bits per heavy atom. The Morgan fingerprint density at radius 2 is 2.12 bits per heavy atom. The average molecular weight is 344 g/mol. The zero-order chi connectivity index (χ0) is 18.1. The molecule has 3 N–H and O–H groups in total. The molecule has 3 rings (SSSR count). The molecule has 8 nitrogen and oxygen atoms in total. The smallest absolute Gasteiger partial charge is 0.269 e. The van der Waals surface area contributed by atoms with Gasteiger partial charge in [0.2, 0.25) is 5.91 Å². The number of hydrogen-bond donors (Lipinski definition) is 2. The van der Waals surface area contributed by atoms with Gasteiger partial charge in [0.1, 0.15) is 11.7 Å². The van der Waals surface area contributed by atoms with Crippen LogP contribution in [0.1, 0.15) is 59.3 Å². The zero-order valence-electron chi connectivity index (χ0n) is 14.8. The number of aromatic nitrogens is 4. The van der Waals surface area contributed by atoms with Crippen LogP contribution < -0.4 is 5.73 Å². The maximum Gasteiger partial charge on any atom is 0.269 e. The van der Waals surface area contributed by atoms with Gasteiger partial charge in [-0.2, -0.15) is 10.2 Å². The maximum atomic E-state index is 12.9. The lowest BCUT2D eigenvalue weighted by atomic mass is 9.94. The highest BCUT2D eigenvalue weighted by Gasteiger charge is 2.30. The minimum Gasteiger partial charge on any atom is -0.364 e. The van der Waals surface area contributed by atoms with Gasteiger partial charge < -0.3 is 10.6 Å². The molecule has 2 aromatic rings. The number of aromatic amines is 1. The first-order valence-corrected chi connectivity index (χ1v) is 8.53. The molecule has 2 aromatic heterocycles. The fourth-order valence-corrected chi connectivity index (χ4v) is 3.51. The van der Waals surface area contributed by atoms with Gasteiger partial charge in [-0.3, -0.25) is 19.4 Å². The third-order valence-corrected chi connectivity index (χ3v) is 4.79. The summed E-state index contributed by atoms with van der Waals surface area (Å²) in [6, 6.07) is 3.32. The summed E-state index contributed by atoms with van der Waals surface area (Å²) in [6.07, 6.45) is 1.85. The Hall–Kier alpha value is -2.64. The van der Waals surface area contributed by atoms with Crippen LogP contribution in [0, 0.1) is 13.8 Å². The molecule has 0 saturated carbocycles. The molecule has 3 heterocycles. The van der Waals surface area contributed by atoms with Crippen LogP contribution in [0.5, 0.6) is 0 Å². The van der Waals surface area contributed by atoms with E-state index in [0.29, 0.717) is 6.54 Å². The van der Waals surface area contributed by atoms with Gasteiger partial charge >= 0.3 is 0 Å². The summed E-state index contributed by atoms with van der Waals surface area (Å²) in [4.78, 5) is 26.0. The first-order chi connectivity index (χ1) is 11.9. The monoisotopic (exact) mass is 344 g/mol. The summed E-state index contributed by atoms with van der Waals surface area (Å²) in [7, 11) is 0. The summed E-state index contributed by atoms with van der Waals surface area (Å²) in [5.41, 5.74) is 8.23. The number of aryl methyl sites for hydroxylation is 2. The number of carbonyl (C=O) groups is 2. The summed E-state index contributed by atoms with van der Waals surface area (Å²) in [6.45, 7) is 7.09. The molecule has 2 atom stereocenters. The number of H-pyrrole nitrogens is 1. The number of likely N-dealkylation sites (tertiary alicyclic amines) is 1. The predicted molar refractivity (Wildman–Crippen MR) is 92.1 cm³/mol. The number of piperidine rings is 1. The minimum atomic E-state index is -0.551. The van der Waals surface area contributed by atoms with Crippen LogP contribution in [0.4, 0.5) is 0 Å². The van der Waals surface area contributed by atoms with Crippen LogP contribution in [0.3, 0.4) is 0 Å². The highest BCUT2D eigenvalue weighted by atomic mass is 16.2. The van der Waals surface area contributed by atoms with Gasteiger partial charge in [-0.25, -0.2) is 0 Å². The Kier molecular flexibility index (Phi) is 4.61. The average Bonchev–Trinajstić information content (AvgIpc) is 3.20. The summed E-state index contributed by atoms with van der Waals surface area (Å²) in [5.74, 6) is -0.360. The summed E-state index contributed by atoms with van der Waals surface area (Å²) in [5, 5.41) is 11.3. The number of carbonyl (C=O) groups excluding carboxylic acids is 2. The SMILES string of the molecule is Cc1cc(C)n([C@@H](C)C(=O)N2CCC[C@H](c3cc(C(N)=O)n[nH]3)C2)n1. The van der Waals surface area contributed by atoms with E-state index in [1.165, 1.54) is 0 Å². The third-order valence-electron chi connectivity index (χ3n) is 4.79. The zero-order valence-corrected chi connectivity index (χ0v) is 14.8. The van der Waals surface area contributed by atoms with Crippen LogP contribution in [-0.2, 0) is 4.79 Å². The summed E-state index contributed by atoms with van der Waals surface area (Å²) >= 11 is 0. The number of amides is 2. The first kappa shape index (κ1) is 17.2. The van der Waals surface area contributed by atoms with Crippen LogP contribution >= 0.6 is 0 Å². The molecular weight excluding hydrogens is 320 g/mol. The second kappa shape index (κ2) is 6.70. The van der Waals surface area contributed by atoms with Crippen molar-refractivity contribution in [1.82, 2.24) is 24.9 Å². The van der Waals surface area contributed by atoms with Gasteiger partial charge in [0.15, 0.2) is 0 Å². The van der Waals surface area contributed by atoms with Crippen molar-refractivity contribution in [3.05, 3.63) is 34.9 Å². The van der Waals surface area contributed by atoms with E-state index in [1.807, 2.05) is 31.7 Å². The number of nitrogens with one attached hydrogen (secondary N) is 1. The third kappa shape index (κ3) is 3.42. The van der Waals surface area contributed by atoms with E-state index in [-0.39, 0.29) is 23.6 Å².